The lowest BCUT2D eigenvalue weighted by Gasteiger charge is -2.13. The van der Waals surface area contributed by atoms with Crippen molar-refractivity contribution < 1.29 is 18.7 Å². The van der Waals surface area contributed by atoms with Gasteiger partial charge in [0.25, 0.3) is 11.1 Å². The van der Waals surface area contributed by atoms with Gasteiger partial charge in [-0.1, -0.05) is 63.9 Å². The molecule has 1 heterocycles. The first-order valence-electron chi connectivity index (χ1n) is 9.57. The molecule has 0 N–H and O–H groups in total. The van der Waals surface area contributed by atoms with Gasteiger partial charge in [0.05, 0.1) is 11.4 Å². The van der Waals surface area contributed by atoms with Gasteiger partial charge in [0.15, 0.2) is 0 Å². The molecule has 0 unspecified atom stereocenters. The lowest BCUT2D eigenvalue weighted by Crippen LogP contribution is -2.27. The largest absolute Gasteiger partial charge is 0.488 e. The number of rotatable bonds is 6. The van der Waals surface area contributed by atoms with Crippen molar-refractivity contribution in [1.29, 1.82) is 0 Å². The zero-order chi connectivity index (χ0) is 22.7. The van der Waals surface area contributed by atoms with E-state index in [9.17, 15) is 14.0 Å². The third-order valence-electron chi connectivity index (χ3n) is 4.76. The molecule has 1 saturated heterocycles. The van der Waals surface area contributed by atoms with E-state index in [0.29, 0.717) is 16.3 Å². The Morgan fingerprint density at radius 1 is 1.03 bits per heavy atom. The molecule has 162 valence electrons. The first-order valence-corrected chi connectivity index (χ1v) is 11.6. The smallest absolute Gasteiger partial charge is 0.293 e. The predicted octanol–water partition coefficient (Wildman–Crippen LogP) is 7.06. The average Bonchev–Trinajstić information content (AvgIpc) is 3.03. The molecule has 0 atom stereocenters. The van der Waals surface area contributed by atoms with Crippen molar-refractivity contribution in [3.8, 4) is 5.75 Å². The Hall–Kier alpha value is -2.61. The number of imide groups is 1. The van der Waals surface area contributed by atoms with Gasteiger partial charge in [-0.2, -0.15) is 0 Å². The second-order valence-corrected chi connectivity index (χ2v) is 9.24. The molecule has 8 heteroatoms. The Kier molecular flexibility index (Phi) is 6.98. The van der Waals surface area contributed by atoms with Crippen LogP contribution >= 0.6 is 39.3 Å². The number of benzene rings is 3. The molecule has 0 radical (unpaired) electrons. The van der Waals surface area contributed by atoms with E-state index in [4.69, 9.17) is 16.3 Å². The van der Waals surface area contributed by atoms with Crippen LogP contribution in [0.3, 0.4) is 0 Å². The lowest BCUT2D eigenvalue weighted by atomic mass is 10.1. The van der Waals surface area contributed by atoms with Crippen LogP contribution in [0, 0.1) is 5.82 Å². The molecule has 0 aromatic heterocycles. The van der Waals surface area contributed by atoms with E-state index in [0.717, 1.165) is 26.7 Å². The van der Waals surface area contributed by atoms with Crippen molar-refractivity contribution in [1.82, 2.24) is 4.90 Å². The number of thioether (sulfide) groups is 1. The second-order valence-electron chi connectivity index (χ2n) is 6.92. The molecule has 0 bridgehead atoms. The number of ether oxygens (including phenoxy) is 1. The lowest BCUT2D eigenvalue weighted by molar-refractivity contribution is -0.123. The van der Waals surface area contributed by atoms with Crippen LogP contribution in [0.2, 0.25) is 5.02 Å². The van der Waals surface area contributed by atoms with Crippen molar-refractivity contribution >= 4 is 56.5 Å². The highest BCUT2D eigenvalue weighted by molar-refractivity contribution is 9.10. The van der Waals surface area contributed by atoms with Crippen LogP contribution in [0.4, 0.5) is 9.18 Å². The highest BCUT2D eigenvalue weighted by Crippen LogP contribution is 2.36. The Bertz CT molecular complexity index is 1230. The Morgan fingerprint density at radius 2 is 1.75 bits per heavy atom. The number of nitrogens with zero attached hydrogens (tertiary/aromatic N) is 1. The summed E-state index contributed by atoms with van der Waals surface area (Å²) in [6, 6.07) is 18.8. The van der Waals surface area contributed by atoms with E-state index in [1.165, 1.54) is 6.07 Å². The molecule has 1 aliphatic rings. The number of amides is 2. The Balaban J connectivity index is 1.57. The predicted molar refractivity (Wildman–Crippen MR) is 128 cm³/mol. The molecule has 4 nitrogen and oxygen atoms in total. The Morgan fingerprint density at radius 3 is 2.50 bits per heavy atom. The summed E-state index contributed by atoms with van der Waals surface area (Å²) >= 11 is 10.4. The minimum Gasteiger partial charge on any atom is -0.488 e. The first kappa shape index (κ1) is 22.6. The fourth-order valence-electron chi connectivity index (χ4n) is 3.11. The maximum absolute atomic E-state index is 14.0. The van der Waals surface area contributed by atoms with Crippen LogP contribution in [0.25, 0.3) is 6.08 Å². The van der Waals surface area contributed by atoms with Gasteiger partial charge in [-0.25, -0.2) is 4.39 Å². The summed E-state index contributed by atoms with van der Waals surface area (Å²) in [6.07, 6.45) is 1.61. The number of hydrogen-bond acceptors (Lipinski definition) is 4. The van der Waals surface area contributed by atoms with Crippen LogP contribution in [-0.4, -0.2) is 16.0 Å². The normalized spacial score (nSPS) is 15.0. The van der Waals surface area contributed by atoms with Crippen LogP contribution in [-0.2, 0) is 17.9 Å². The third kappa shape index (κ3) is 5.06. The maximum atomic E-state index is 14.0. The standard InChI is InChI=1S/C24H16BrClFNO3S/c25-18-9-10-21(31-14-16-6-1-3-7-19(16)26)17(11-18)12-22-23(29)28(24(30)32-22)13-15-5-2-4-8-20(15)27/h1-12H,13-14H2/b22-12+. The highest BCUT2D eigenvalue weighted by Gasteiger charge is 2.35. The van der Waals surface area contributed by atoms with Crippen LogP contribution in [0.1, 0.15) is 16.7 Å². The molecule has 2 amide bonds. The third-order valence-corrected chi connectivity index (χ3v) is 6.53. The quantitative estimate of drug-likeness (QED) is 0.319. The maximum Gasteiger partial charge on any atom is 0.293 e. The number of carbonyl (C=O) groups is 2. The fraction of sp³-hybridized carbons (Fsp3) is 0.0833. The van der Waals surface area contributed by atoms with Crippen LogP contribution in [0.5, 0.6) is 5.75 Å². The molecule has 4 rings (SSSR count). The van der Waals surface area contributed by atoms with Crippen molar-refractivity contribution in [2.45, 2.75) is 13.2 Å². The van der Waals surface area contributed by atoms with Gasteiger partial charge < -0.3 is 4.74 Å². The molecule has 3 aromatic rings. The van der Waals surface area contributed by atoms with E-state index >= 15 is 0 Å². The minimum atomic E-state index is -0.472. The monoisotopic (exact) mass is 531 g/mol. The van der Waals surface area contributed by atoms with Crippen molar-refractivity contribution in [2.75, 3.05) is 0 Å². The molecule has 3 aromatic carbocycles. The van der Waals surface area contributed by atoms with Gasteiger partial charge >= 0.3 is 0 Å². The van der Waals surface area contributed by atoms with E-state index < -0.39 is 17.0 Å². The first-order chi connectivity index (χ1) is 15.4. The van der Waals surface area contributed by atoms with Gasteiger partial charge in [0.2, 0.25) is 0 Å². The van der Waals surface area contributed by atoms with E-state index in [1.807, 2.05) is 24.3 Å². The summed E-state index contributed by atoms with van der Waals surface area (Å²) in [5, 5.41) is 0.151. The zero-order valence-corrected chi connectivity index (χ0v) is 19.7. The number of hydrogen-bond donors (Lipinski definition) is 0. The van der Waals surface area contributed by atoms with Crippen molar-refractivity contribution in [2.24, 2.45) is 0 Å². The summed E-state index contributed by atoms with van der Waals surface area (Å²) in [6.45, 7) is 0.125. The average molecular weight is 533 g/mol. The SMILES string of the molecule is O=C1S/C(=C/c2cc(Br)ccc2OCc2ccccc2Cl)C(=O)N1Cc1ccccc1F. The summed E-state index contributed by atoms with van der Waals surface area (Å²) in [5.41, 5.74) is 1.73. The fourth-order valence-corrected chi connectivity index (χ4v) is 4.51. The molecule has 0 spiro atoms. The van der Waals surface area contributed by atoms with Crippen molar-refractivity contribution in [3.05, 3.63) is 104 Å². The number of halogens is 3. The highest BCUT2D eigenvalue weighted by atomic mass is 79.9. The molecule has 0 saturated carbocycles. The van der Waals surface area contributed by atoms with Crippen LogP contribution in [0.15, 0.2) is 76.1 Å². The molecule has 1 aliphatic heterocycles. The van der Waals surface area contributed by atoms with E-state index in [1.54, 1.807) is 42.5 Å². The minimum absolute atomic E-state index is 0.122. The van der Waals surface area contributed by atoms with Gasteiger partial charge in [0.1, 0.15) is 18.2 Å². The summed E-state index contributed by atoms with van der Waals surface area (Å²) in [7, 11) is 0. The van der Waals surface area contributed by atoms with Crippen molar-refractivity contribution in [3.63, 3.8) is 0 Å². The number of carbonyl (C=O) groups excluding carboxylic acids is 2. The van der Waals surface area contributed by atoms with Gasteiger partial charge in [-0.3, -0.25) is 14.5 Å². The summed E-state index contributed by atoms with van der Waals surface area (Å²) < 4.78 is 20.7. The molecular formula is C24H16BrClFNO3S. The molecular weight excluding hydrogens is 517 g/mol. The molecule has 32 heavy (non-hydrogen) atoms. The van der Waals surface area contributed by atoms with E-state index in [-0.39, 0.29) is 23.6 Å². The van der Waals surface area contributed by atoms with Gasteiger partial charge in [-0.15, -0.1) is 0 Å². The molecule has 0 aliphatic carbocycles. The summed E-state index contributed by atoms with van der Waals surface area (Å²) in [5.74, 6) is -0.396. The van der Waals surface area contributed by atoms with Gasteiger partial charge in [-0.05, 0) is 48.2 Å². The topological polar surface area (TPSA) is 46.6 Å². The second kappa shape index (κ2) is 9.90. The van der Waals surface area contributed by atoms with Crippen LogP contribution < -0.4 is 4.74 Å². The Labute approximate surface area is 202 Å². The molecule has 1 fully saturated rings. The van der Waals surface area contributed by atoms with Gasteiger partial charge in [0, 0.05) is 26.2 Å². The summed E-state index contributed by atoms with van der Waals surface area (Å²) in [4.78, 5) is 26.6. The zero-order valence-electron chi connectivity index (χ0n) is 16.6. The van der Waals surface area contributed by atoms with E-state index in [2.05, 4.69) is 15.9 Å².